The van der Waals surface area contributed by atoms with Crippen LogP contribution in [0.3, 0.4) is 0 Å². The SMILES string of the molecule is O=c1c2ccccc2[nH]c2c([N+](=O)[O-])ccc(Sc3ccccc3)c12. The first kappa shape index (κ1) is 15.4. The van der Waals surface area contributed by atoms with Gasteiger partial charge in [0.25, 0.3) is 5.69 Å². The summed E-state index contributed by atoms with van der Waals surface area (Å²) in [5, 5.41) is 12.3. The molecule has 0 aliphatic rings. The van der Waals surface area contributed by atoms with Gasteiger partial charge in [-0.25, -0.2) is 0 Å². The Morgan fingerprint density at radius 3 is 2.40 bits per heavy atom. The quantitative estimate of drug-likeness (QED) is 0.329. The average Bonchev–Trinajstić information content (AvgIpc) is 2.62. The molecule has 0 atom stereocenters. The van der Waals surface area contributed by atoms with E-state index in [0.717, 1.165) is 4.90 Å². The molecule has 0 saturated carbocycles. The van der Waals surface area contributed by atoms with Crippen molar-refractivity contribution in [3.63, 3.8) is 0 Å². The minimum absolute atomic E-state index is 0.102. The number of aromatic amines is 1. The van der Waals surface area contributed by atoms with Crippen molar-refractivity contribution in [2.45, 2.75) is 9.79 Å². The van der Waals surface area contributed by atoms with Crippen LogP contribution in [0.2, 0.25) is 0 Å². The zero-order valence-electron chi connectivity index (χ0n) is 12.9. The standard InChI is InChI=1S/C19H12N2O3S/c22-19-13-8-4-5-9-14(13)20-18-15(21(23)24)10-11-16(17(18)19)25-12-6-2-1-3-7-12/h1-11H,(H,20,22). The van der Waals surface area contributed by atoms with Crippen molar-refractivity contribution in [1.82, 2.24) is 4.98 Å². The molecular weight excluding hydrogens is 336 g/mol. The Hall–Kier alpha value is -3.12. The Labute approximate surface area is 146 Å². The van der Waals surface area contributed by atoms with Crippen LogP contribution in [0.25, 0.3) is 21.8 Å². The maximum atomic E-state index is 13.0. The minimum atomic E-state index is -0.468. The molecule has 0 unspecified atom stereocenters. The number of fused-ring (bicyclic) bond motifs is 2. The van der Waals surface area contributed by atoms with Crippen LogP contribution < -0.4 is 5.43 Å². The molecule has 1 heterocycles. The number of rotatable bonds is 3. The van der Waals surface area contributed by atoms with Crippen molar-refractivity contribution in [3.05, 3.63) is 87.1 Å². The molecule has 3 aromatic carbocycles. The van der Waals surface area contributed by atoms with Gasteiger partial charge in [0.15, 0.2) is 5.43 Å². The highest BCUT2D eigenvalue weighted by Gasteiger charge is 2.19. The number of H-pyrrole nitrogens is 1. The summed E-state index contributed by atoms with van der Waals surface area (Å²) in [5.74, 6) is 0. The number of pyridine rings is 1. The van der Waals surface area contributed by atoms with E-state index in [1.165, 1.54) is 17.8 Å². The third-order valence-corrected chi connectivity index (χ3v) is 5.04. The van der Waals surface area contributed by atoms with Crippen LogP contribution in [0.15, 0.2) is 81.3 Å². The molecule has 0 aliphatic heterocycles. The van der Waals surface area contributed by atoms with Crippen LogP contribution in [-0.4, -0.2) is 9.91 Å². The molecule has 0 fully saturated rings. The average molecular weight is 348 g/mol. The van der Waals surface area contributed by atoms with Gasteiger partial charge >= 0.3 is 0 Å². The van der Waals surface area contributed by atoms with E-state index in [-0.39, 0.29) is 16.6 Å². The van der Waals surface area contributed by atoms with Crippen molar-refractivity contribution in [2.75, 3.05) is 0 Å². The van der Waals surface area contributed by atoms with Crippen LogP contribution in [0, 0.1) is 10.1 Å². The Morgan fingerprint density at radius 2 is 1.64 bits per heavy atom. The van der Waals surface area contributed by atoms with Crippen LogP contribution in [0.5, 0.6) is 0 Å². The number of nitro benzene ring substituents is 1. The molecule has 1 N–H and O–H groups in total. The molecule has 0 spiro atoms. The first-order valence-electron chi connectivity index (χ1n) is 7.60. The number of hydrogen-bond acceptors (Lipinski definition) is 4. The molecule has 6 heteroatoms. The molecule has 0 bridgehead atoms. The summed E-state index contributed by atoms with van der Waals surface area (Å²) in [4.78, 5) is 28.7. The van der Waals surface area contributed by atoms with Gasteiger partial charge in [0.2, 0.25) is 0 Å². The Morgan fingerprint density at radius 1 is 0.920 bits per heavy atom. The van der Waals surface area contributed by atoms with Gasteiger partial charge in [-0.2, -0.15) is 0 Å². The lowest BCUT2D eigenvalue weighted by molar-refractivity contribution is -0.383. The van der Waals surface area contributed by atoms with Crippen LogP contribution in [0.1, 0.15) is 0 Å². The molecule has 0 radical (unpaired) electrons. The normalized spacial score (nSPS) is 11.0. The molecule has 122 valence electrons. The number of hydrogen-bond donors (Lipinski definition) is 1. The summed E-state index contributed by atoms with van der Waals surface area (Å²) in [5.41, 5.74) is 0.543. The van der Waals surface area contributed by atoms with E-state index < -0.39 is 4.92 Å². The highest BCUT2D eigenvalue weighted by molar-refractivity contribution is 7.99. The third kappa shape index (κ3) is 2.66. The smallest absolute Gasteiger partial charge is 0.293 e. The summed E-state index contributed by atoms with van der Waals surface area (Å²) >= 11 is 1.42. The topological polar surface area (TPSA) is 76.0 Å². The van der Waals surface area contributed by atoms with E-state index in [1.54, 1.807) is 30.3 Å². The fraction of sp³-hybridized carbons (Fsp3) is 0. The van der Waals surface area contributed by atoms with Gasteiger partial charge in [-0.3, -0.25) is 14.9 Å². The molecule has 5 nitrogen and oxygen atoms in total. The fourth-order valence-corrected chi connectivity index (χ4v) is 3.82. The second-order valence-electron chi connectivity index (χ2n) is 5.50. The number of benzene rings is 3. The van der Waals surface area contributed by atoms with E-state index in [2.05, 4.69) is 4.98 Å². The zero-order valence-corrected chi connectivity index (χ0v) is 13.7. The lowest BCUT2D eigenvalue weighted by atomic mass is 10.1. The number of nitro groups is 1. The van der Waals surface area contributed by atoms with Crippen molar-refractivity contribution in [2.24, 2.45) is 0 Å². The first-order chi connectivity index (χ1) is 12.1. The first-order valence-corrected chi connectivity index (χ1v) is 8.42. The summed E-state index contributed by atoms with van der Waals surface area (Å²) in [6.07, 6.45) is 0. The van der Waals surface area contributed by atoms with Crippen LogP contribution >= 0.6 is 11.8 Å². The van der Waals surface area contributed by atoms with Gasteiger partial charge in [-0.15, -0.1) is 0 Å². The lowest BCUT2D eigenvalue weighted by Gasteiger charge is -2.08. The van der Waals surface area contributed by atoms with Crippen molar-refractivity contribution in [3.8, 4) is 0 Å². The molecular formula is C19H12N2O3S. The molecule has 0 saturated heterocycles. The number of para-hydroxylation sites is 1. The van der Waals surface area contributed by atoms with Crippen molar-refractivity contribution >= 4 is 39.3 Å². The second kappa shape index (κ2) is 6.07. The van der Waals surface area contributed by atoms with E-state index in [0.29, 0.717) is 21.2 Å². The van der Waals surface area contributed by atoms with E-state index in [1.807, 2.05) is 30.3 Å². The Balaban J connectivity index is 2.07. The van der Waals surface area contributed by atoms with Crippen LogP contribution in [-0.2, 0) is 0 Å². The van der Waals surface area contributed by atoms with Crippen molar-refractivity contribution in [1.29, 1.82) is 0 Å². The van der Waals surface area contributed by atoms with Gasteiger partial charge < -0.3 is 4.98 Å². The summed E-state index contributed by atoms with van der Waals surface area (Å²) in [6, 6.07) is 19.7. The number of nitrogens with zero attached hydrogens (tertiary/aromatic N) is 1. The molecule has 4 aromatic rings. The highest BCUT2D eigenvalue weighted by Crippen LogP contribution is 2.35. The van der Waals surface area contributed by atoms with Crippen molar-refractivity contribution < 1.29 is 4.92 Å². The third-order valence-electron chi connectivity index (χ3n) is 3.97. The van der Waals surface area contributed by atoms with E-state index in [4.69, 9.17) is 0 Å². The monoisotopic (exact) mass is 348 g/mol. The number of nitrogens with one attached hydrogen (secondary N) is 1. The molecule has 4 rings (SSSR count). The zero-order chi connectivity index (χ0) is 17.4. The van der Waals surface area contributed by atoms with Gasteiger partial charge in [-0.1, -0.05) is 42.1 Å². The summed E-state index contributed by atoms with van der Waals surface area (Å²) in [6.45, 7) is 0. The maximum absolute atomic E-state index is 13.0. The Kier molecular flexibility index (Phi) is 3.74. The lowest BCUT2D eigenvalue weighted by Crippen LogP contribution is -2.07. The molecule has 25 heavy (non-hydrogen) atoms. The van der Waals surface area contributed by atoms with Gasteiger partial charge in [0.05, 0.1) is 10.3 Å². The summed E-state index contributed by atoms with van der Waals surface area (Å²) in [7, 11) is 0. The highest BCUT2D eigenvalue weighted by atomic mass is 32.2. The largest absolute Gasteiger partial charge is 0.349 e. The van der Waals surface area contributed by atoms with Gasteiger partial charge in [0.1, 0.15) is 5.52 Å². The van der Waals surface area contributed by atoms with E-state index >= 15 is 0 Å². The fourth-order valence-electron chi connectivity index (χ4n) is 2.84. The molecule has 1 aromatic heterocycles. The Bertz CT molecular complexity index is 1170. The predicted octanol–water partition coefficient (Wildman–Crippen LogP) is 4.74. The number of non-ortho nitro benzene ring substituents is 1. The molecule has 0 aliphatic carbocycles. The number of aromatic nitrogens is 1. The predicted molar refractivity (Wildman–Crippen MR) is 99.3 cm³/mol. The maximum Gasteiger partial charge on any atom is 0.293 e. The van der Waals surface area contributed by atoms with Gasteiger partial charge in [-0.05, 0) is 30.3 Å². The minimum Gasteiger partial charge on any atom is -0.349 e. The van der Waals surface area contributed by atoms with Gasteiger partial charge in [0, 0.05) is 26.8 Å². The van der Waals surface area contributed by atoms with Crippen LogP contribution in [0.4, 0.5) is 5.69 Å². The molecule has 0 amide bonds. The second-order valence-corrected chi connectivity index (χ2v) is 6.62. The summed E-state index contributed by atoms with van der Waals surface area (Å²) < 4.78 is 0. The van der Waals surface area contributed by atoms with E-state index in [9.17, 15) is 14.9 Å².